The van der Waals surface area contributed by atoms with Crippen LogP contribution in [-0.2, 0) is 4.79 Å². The molecule has 1 rings (SSSR count). The predicted molar refractivity (Wildman–Crippen MR) is 47.4 cm³/mol. The molecule has 6 heteroatoms. The number of halogens is 3. The highest BCUT2D eigenvalue weighted by Gasteiger charge is 2.38. The second-order valence-corrected chi connectivity index (χ2v) is 4.02. The first kappa shape index (κ1) is 12.3. The van der Waals surface area contributed by atoms with Gasteiger partial charge in [0.05, 0.1) is 12.3 Å². The zero-order chi connectivity index (χ0) is 11.6. The van der Waals surface area contributed by atoms with Gasteiger partial charge in [0.15, 0.2) is 0 Å². The molecule has 0 aromatic heterocycles. The lowest BCUT2D eigenvalue weighted by Crippen LogP contribution is -2.51. The maximum Gasteiger partial charge on any atom is 0.390 e. The standard InChI is InChI=1S/C9H14F3NO2/c1-5(4-9(10,11)12)13-7-3-2-6(7)8(14)15/h5-7,13H,2-4H2,1H3,(H,14,15). The minimum Gasteiger partial charge on any atom is -0.481 e. The van der Waals surface area contributed by atoms with Crippen molar-refractivity contribution >= 4 is 5.97 Å². The van der Waals surface area contributed by atoms with E-state index in [2.05, 4.69) is 5.32 Å². The summed E-state index contributed by atoms with van der Waals surface area (Å²) >= 11 is 0. The average Bonchev–Trinajstić information content (AvgIpc) is 1.93. The molecule has 0 aromatic rings. The number of nitrogens with one attached hydrogen (secondary N) is 1. The lowest BCUT2D eigenvalue weighted by Gasteiger charge is -2.36. The summed E-state index contributed by atoms with van der Waals surface area (Å²) in [5.74, 6) is -1.46. The van der Waals surface area contributed by atoms with Gasteiger partial charge in [-0.15, -0.1) is 0 Å². The van der Waals surface area contributed by atoms with Gasteiger partial charge in [-0.3, -0.25) is 4.79 Å². The lowest BCUT2D eigenvalue weighted by atomic mass is 9.79. The molecule has 15 heavy (non-hydrogen) atoms. The first-order valence-corrected chi connectivity index (χ1v) is 4.85. The zero-order valence-corrected chi connectivity index (χ0v) is 8.34. The zero-order valence-electron chi connectivity index (χ0n) is 8.34. The molecule has 0 amide bonds. The monoisotopic (exact) mass is 225 g/mol. The summed E-state index contributed by atoms with van der Waals surface area (Å²) in [6.45, 7) is 1.42. The Hall–Kier alpha value is -0.780. The molecule has 1 aliphatic carbocycles. The van der Waals surface area contributed by atoms with E-state index < -0.39 is 30.5 Å². The summed E-state index contributed by atoms with van der Waals surface area (Å²) in [6, 6.07) is -1.03. The predicted octanol–water partition coefficient (Wildman–Crippen LogP) is 1.78. The van der Waals surface area contributed by atoms with Gasteiger partial charge >= 0.3 is 12.1 Å². The van der Waals surface area contributed by atoms with Gasteiger partial charge < -0.3 is 10.4 Å². The molecule has 3 unspecified atom stereocenters. The van der Waals surface area contributed by atoms with Crippen molar-refractivity contribution < 1.29 is 23.1 Å². The Morgan fingerprint density at radius 3 is 2.47 bits per heavy atom. The largest absolute Gasteiger partial charge is 0.481 e. The summed E-state index contributed by atoms with van der Waals surface area (Å²) in [7, 11) is 0. The molecule has 88 valence electrons. The highest BCUT2D eigenvalue weighted by molar-refractivity contribution is 5.72. The van der Waals surface area contributed by atoms with Crippen molar-refractivity contribution in [2.45, 2.75) is 44.4 Å². The van der Waals surface area contributed by atoms with E-state index in [1.807, 2.05) is 0 Å². The van der Waals surface area contributed by atoms with Crippen LogP contribution in [0.2, 0.25) is 0 Å². The van der Waals surface area contributed by atoms with Crippen molar-refractivity contribution in [1.82, 2.24) is 5.32 Å². The summed E-state index contributed by atoms with van der Waals surface area (Å²) < 4.78 is 35.9. The molecule has 2 N–H and O–H groups in total. The van der Waals surface area contributed by atoms with Crippen molar-refractivity contribution in [3.63, 3.8) is 0 Å². The van der Waals surface area contributed by atoms with Crippen LogP contribution in [0.25, 0.3) is 0 Å². The molecule has 0 bridgehead atoms. The van der Waals surface area contributed by atoms with Crippen molar-refractivity contribution in [2.75, 3.05) is 0 Å². The molecule has 0 aromatic carbocycles. The Balaban J connectivity index is 2.33. The number of carbonyl (C=O) groups is 1. The van der Waals surface area contributed by atoms with Crippen LogP contribution in [0.4, 0.5) is 13.2 Å². The van der Waals surface area contributed by atoms with Crippen LogP contribution in [0.3, 0.4) is 0 Å². The first-order valence-electron chi connectivity index (χ1n) is 4.85. The molecular weight excluding hydrogens is 211 g/mol. The normalized spacial score (nSPS) is 28.3. The van der Waals surface area contributed by atoms with Gasteiger partial charge in [-0.2, -0.15) is 13.2 Å². The van der Waals surface area contributed by atoms with Crippen LogP contribution in [-0.4, -0.2) is 29.3 Å². The molecule has 0 aliphatic heterocycles. The van der Waals surface area contributed by atoms with Crippen LogP contribution < -0.4 is 5.32 Å². The smallest absolute Gasteiger partial charge is 0.390 e. The van der Waals surface area contributed by atoms with E-state index in [4.69, 9.17) is 5.11 Å². The summed E-state index contributed by atoms with van der Waals surface area (Å²) in [6.07, 6.45) is -3.93. The van der Waals surface area contributed by atoms with Gasteiger partial charge in [0.1, 0.15) is 0 Å². The van der Waals surface area contributed by atoms with Gasteiger partial charge in [0.25, 0.3) is 0 Å². The summed E-state index contributed by atoms with van der Waals surface area (Å²) in [4.78, 5) is 10.6. The minimum atomic E-state index is -4.20. The van der Waals surface area contributed by atoms with E-state index in [1.165, 1.54) is 6.92 Å². The highest BCUT2D eigenvalue weighted by atomic mass is 19.4. The van der Waals surface area contributed by atoms with Gasteiger partial charge in [0.2, 0.25) is 0 Å². The van der Waals surface area contributed by atoms with Crippen LogP contribution in [0.1, 0.15) is 26.2 Å². The van der Waals surface area contributed by atoms with Crippen molar-refractivity contribution in [3.05, 3.63) is 0 Å². The molecule has 1 fully saturated rings. The molecule has 3 nitrogen and oxygen atoms in total. The second-order valence-electron chi connectivity index (χ2n) is 4.02. The number of hydrogen-bond donors (Lipinski definition) is 2. The molecule has 1 aliphatic rings. The fourth-order valence-corrected chi connectivity index (χ4v) is 1.77. The molecule has 0 radical (unpaired) electrons. The number of rotatable bonds is 4. The Morgan fingerprint density at radius 1 is 1.53 bits per heavy atom. The number of aliphatic carboxylic acids is 1. The van der Waals surface area contributed by atoms with Crippen LogP contribution >= 0.6 is 0 Å². The van der Waals surface area contributed by atoms with Crippen molar-refractivity contribution in [2.24, 2.45) is 5.92 Å². The van der Waals surface area contributed by atoms with Gasteiger partial charge in [0, 0.05) is 12.1 Å². The van der Waals surface area contributed by atoms with Crippen LogP contribution in [0.15, 0.2) is 0 Å². The van der Waals surface area contributed by atoms with E-state index >= 15 is 0 Å². The Bertz CT molecular complexity index is 242. The number of alkyl halides is 3. The maximum atomic E-state index is 12.0. The Morgan fingerprint density at radius 2 is 2.13 bits per heavy atom. The topological polar surface area (TPSA) is 49.3 Å². The molecule has 1 saturated carbocycles. The van der Waals surface area contributed by atoms with Gasteiger partial charge in [-0.1, -0.05) is 0 Å². The number of carboxylic acids is 1. The Kier molecular flexibility index (Phi) is 3.59. The average molecular weight is 225 g/mol. The summed E-state index contributed by atoms with van der Waals surface area (Å²) in [5.41, 5.74) is 0. The third-order valence-corrected chi connectivity index (χ3v) is 2.63. The molecule has 3 atom stereocenters. The quantitative estimate of drug-likeness (QED) is 0.766. The third kappa shape index (κ3) is 3.70. The fourth-order valence-electron chi connectivity index (χ4n) is 1.77. The highest BCUT2D eigenvalue weighted by Crippen LogP contribution is 2.29. The van der Waals surface area contributed by atoms with Gasteiger partial charge in [-0.25, -0.2) is 0 Å². The van der Waals surface area contributed by atoms with E-state index in [-0.39, 0.29) is 6.04 Å². The minimum absolute atomic E-state index is 0.306. The second kappa shape index (κ2) is 4.38. The Labute approximate surface area is 85.7 Å². The SMILES string of the molecule is CC(CC(F)(F)F)NC1CCC1C(=O)O. The van der Waals surface area contributed by atoms with E-state index in [0.29, 0.717) is 12.8 Å². The van der Waals surface area contributed by atoms with E-state index in [0.717, 1.165) is 0 Å². The molecule has 0 saturated heterocycles. The maximum absolute atomic E-state index is 12.0. The van der Waals surface area contributed by atoms with E-state index in [9.17, 15) is 18.0 Å². The summed E-state index contributed by atoms with van der Waals surface area (Å²) in [5, 5.41) is 11.4. The molecular formula is C9H14F3NO2. The molecule has 0 spiro atoms. The van der Waals surface area contributed by atoms with E-state index in [1.54, 1.807) is 0 Å². The lowest BCUT2D eigenvalue weighted by molar-refractivity contribution is -0.147. The van der Waals surface area contributed by atoms with Gasteiger partial charge in [-0.05, 0) is 19.8 Å². The number of hydrogen-bond acceptors (Lipinski definition) is 2. The van der Waals surface area contributed by atoms with Crippen LogP contribution in [0.5, 0.6) is 0 Å². The number of carboxylic acid groups (broad SMARTS) is 1. The van der Waals surface area contributed by atoms with Crippen molar-refractivity contribution in [1.29, 1.82) is 0 Å². The van der Waals surface area contributed by atoms with Crippen LogP contribution in [0, 0.1) is 5.92 Å². The third-order valence-electron chi connectivity index (χ3n) is 2.63. The molecule has 0 heterocycles. The first-order chi connectivity index (χ1) is 6.79. The van der Waals surface area contributed by atoms with Crippen molar-refractivity contribution in [3.8, 4) is 0 Å². The fraction of sp³-hybridized carbons (Fsp3) is 0.889.